The molecule has 0 atom stereocenters. The van der Waals surface area contributed by atoms with Crippen molar-refractivity contribution in [3.05, 3.63) is 65.7 Å². The highest BCUT2D eigenvalue weighted by atomic mass is 16.2. The van der Waals surface area contributed by atoms with Gasteiger partial charge in [-0.05, 0) is 35.6 Å². The van der Waals surface area contributed by atoms with Gasteiger partial charge < -0.3 is 15.1 Å². The van der Waals surface area contributed by atoms with Gasteiger partial charge in [-0.15, -0.1) is 0 Å². The summed E-state index contributed by atoms with van der Waals surface area (Å²) in [5, 5.41) is 3.04. The molecule has 1 aliphatic rings. The lowest BCUT2D eigenvalue weighted by atomic mass is 10.0. The Morgan fingerprint density at radius 2 is 1.62 bits per heavy atom. The monoisotopic (exact) mass is 351 g/mol. The van der Waals surface area contributed by atoms with Gasteiger partial charge in [0.25, 0.3) is 0 Å². The van der Waals surface area contributed by atoms with Crippen LogP contribution in [0.2, 0.25) is 0 Å². The van der Waals surface area contributed by atoms with Crippen molar-refractivity contribution < 1.29 is 4.79 Å². The van der Waals surface area contributed by atoms with Gasteiger partial charge in [-0.25, -0.2) is 4.79 Å². The van der Waals surface area contributed by atoms with E-state index in [-0.39, 0.29) is 6.03 Å². The van der Waals surface area contributed by atoms with Gasteiger partial charge in [0.1, 0.15) is 0 Å². The summed E-state index contributed by atoms with van der Waals surface area (Å²) in [4.78, 5) is 16.6. The van der Waals surface area contributed by atoms with Gasteiger partial charge >= 0.3 is 6.03 Å². The average Bonchev–Trinajstić information content (AvgIpc) is 2.69. The zero-order chi connectivity index (χ0) is 18.4. The summed E-state index contributed by atoms with van der Waals surface area (Å²) in [7, 11) is 0. The van der Waals surface area contributed by atoms with E-state index in [0.29, 0.717) is 12.5 Å². The quantitative estimate of drug-likeness (QED) is 0.887. The molecule has 138 valence electrons. The molecule has 4 heteroatoms. The van der Waals surface area contributed by atoms with E-state index in [9.17, 15) is 4.79 Å². The second-order valence-corrected chi connectivity index (χ2v) is 7.19. The standard InChI is InChI=1S/C22H29N3O/c1-18(2)20-8-10-21(11-9-20)24-14-16-25(17-15-24)22(26)23-13-12-19-6-4-3-5-7-19/h3-11,18H,12-17H2,1-2H3,(H,23,26). The van der Waals surface area contributed by atoms with Crippen molar-refractivity contribution >= 4 is 11.7 Å². The SMILES string of the molecule is CC(C)c1ccc(N2CCN(C(=O)NCCc3ccccc3)CC2)cc1. The van der Waals surface area contributed by atoms with Crippen LogP contribution in [0.15, 0.2) is 54.6 Å². The number of benzene rings is 2. The summed E-state index contributed by atoms with van der Waals surface area (Å²) in [5.74, 6) is 0.556. The molecule has 0 bridgehead atoms. The lowest BCUT2D eigenvalue weighted by Gasteiger charge is -2.36. The van der Waals surface area contributed by atoms with Crippen molar-refractivity contribution in [3.8, 4) is 0 Å². The van der Waals surface area contributed by atoms with E-state index in [4.69, 9.17) is 0 Å². The average molecular weight is 351 g/mol. The molecule has 0 spiro atoms. The molecule has 2 aromatic rings. The molecule has 0 radical (unpaired) electrons. The Labute approximate surface area is 156 Å². The van der Waals surface area contributed by atoms with E-state index in [1.165, 1.54) is 16.8 Å². The van der Waals surface area contributed by atoms with Gasteiger partial charge in [-0.2, -0.15) is 0 Å². The van der Waals surface area contributed by atoms with Crippen LogP contribution in [0.1, 0.15) is 30.9 Å². The molecule has 0 saturated carbocycles. The summed E-state index contributed by atoms with van der Waals surface area (Å²) in [6.45, 7) is 8.40. The first-order chi connectivity index (χ1) is 12.6. The lowest BCUT2D eigenvalue weighted by molar-refractivity contribution is 0.194. The Kier molecular flexibility index (Phi) is 6.16. The van der Waals surface area contributed by atoms with Crippen molar-refractivity contribution in [2.75, 3.05) is 37.6 Å². The van der Waals surface area contributed by atoms with Crippen LogP contribution in [0, 0.1) is 0 Å². The van der Waals surface area contributed by atoms with Gasteiger partial charge in [-0.3, -0.25) is 0 Å². The maximum atomic E-state index is 12.3. The summed E-state index contributed by atoms with van der Waals surface area (Å²) < 4.78 is 0. The van der Waals surface area contributed by atoms with Crippen LogP contribution < -0.4 is 10.2 Å². The van der Waals surface area contributed by atoms with Gasteiger partial charge in [-0.1, -0.05) is 56.3 Å². The molecule has 2 aromatic carbocycles. The highest BCUT2D eigenvalue weighted by molar-refractivity contribution is 5.74. The molecule has 1 heterocycles. The zero-order valence-electron chi connectivity index (χ0n) is 15.8. The number of carbonyl (C=O) groups is 1. The lowest BCUT2D eigenvalue weighted by Crippen LogP contribution is -2.52. The number of rotatable bonds is 5. The number of nitrogens with one attached hydrogen (secondary N) is 1. The minimum absolute atomic E-state index is 0.0516. The van der Waals surface area contributed by atoms with E-state index in [1.54, 1.807) is 0 Å². The highest BCUT2D eigenvalue weighted by Crippen LogP contribution is 2.21. The number of anilines is 1. The molecule has 1 saturated heterocycles. The first-order valence-corrected chi connectivity index (χ1v) is 9.55. The van der Waals surface area contributed by atoms with Gasteiger partial charge in [0, 0.05) is 38.4 Å². The van der Waals surface area contributed by atoms with E-state index >= 15 is 0 Å². The second-order valence-electron chi connectivity index (χ2n) is 7.19. The number of piperazine rings is 1. The fraction of sp³-hybridized carbons (Fsp3) is 0.409. The van der Waals surface area contributed by atoms with Crippen molar-refractivity contribution in [2.45, 2.75) is 26.2 Å². The molecule has 1 N–H and O–H groups in total. The van der Waals surface area contributed by atoms with Gasteiger partial charge in [0.15, 0.2) is 0 Å². The summed E-state index contributed by atoms with van der Waals surface area (Å²) in [5.41, 5.74) is 3.87. The van der Waals surface area contributed by atoms with Crippen molar-refractivity contribution in [1.29, 1.82) is 0 Å². The maximum Gasteiger partial charge on any atom is 0.317 e. The van der Waals surface area contributed by atoms with Crippen LogP contribution in [0.5, 0.6) is 0 Å². The Morgan fingerprint density at radius 1 is 0.962 bits per heavy atom. The number of hydrogen-bond acceptors (Lipinski definition) is 2. The first-order valence-electron chi connectivity index (χ1n) is 9.55. The Balaban J connectivity index is 1.43. The van der Waals surface area contributed by atoms with Crippen molar-refractivity contribution in [2.24, 2.45) is 0 Å². The molecule has 4 nitrogen and oxygen atoms in total. The molecule has 1 fully saturated rings. The predicted molar refractivity (Wildman–Crippen MR) is 108 cm³/mol. The maximum absolute atomic E-state index is 12.3. The molecular weight excluding hydrogens is 322 g/mol. The third-order valence-corrected chi connectivity index (χ3v) is 5.02. The fourth-order valence-corrected chi connectivity index (χ4v) is 3.31. The minimum atomic E-state index is 0.0516. The number of hydrogen-bond donors (Lipinski definition) is 1. The smallest absolute Gasteiger partial charge is 0.317 e. The molecule has 0 aliphatic carbocycles. The molecule has 0 unspecified atom stereocenters. The molecule has 2 amide bonds. The van der Waals surface area contributed by atoms with E-state index in [1.807, 2.05) is 23.1 Å². The van der Waals surface area contributed by atoms with Gasteiger partial charge in [0.05, 0.1) is 0 Å². The van der Waals surface area contributed by atoms with Gasteiger partial charge in [0.2, 0.25) is 0 Å². The minimum Gasteiger partial charge on any atom is -0.368 e. The third kappa shape index (κ3) is 4.78. The second kappa shape index (κ2) is 8.75. The molecule has 26 heavy (non-hydrogen) atoms. The molecule has 0 aromatic heterocycles. The van der Waals surface area contributed by atoms with Crippen LogP contribution >= 0.6 is 0 Å². The fourth-order valence-electron chi connectivity index (χ4n) is 3.31. The summed E-state index contributed by atoms with van der Waals surface area (Å²) in [6, 6.07) is 19.1. The number of urea groups is 1. The third-order valence-electron chi connectivity index (χ3n) is 5.02. The van der Waals surface area contributed by atoms with Crippen LogP contribution in [0.3, 0.4) is 0 Å². The molecular formula is C22H29N3O. The van der Waals surface area contributed by atoms with Crippen LogP contribution in [0.4, 0.5) is 10.5 Å². The number of nitrogens with zero attached hydrogens (tertiary/aromatic N) is 2. The zero-order valence-corrected chi connectivity index (χ0v) is 15.8. The first kappa shape index (κ1) is 18.3. The van der Waals surface area contributed by atoms with E-state index < -0.39 is 0 Å². The van der Waals surface area contributed by atoms with Crippen molar-refractivity contribution in [3.63, 3.8) is 0 Å². The molecule has 3 rings (SSSR count). The summed E-state index contributed by atoms with van der Waals surface area (Å²) >= 11 is 0. The van der Waals surface area contributed by atoms with Crippen LogP contribution in [0.25, 0.3) is 0 Å². The highest BCUT2D eigenvalue weighted by Gasteiger charge is 2.21. The normalized spacial score (nSPS) is 14.6. The van der Waals surface area contributed by atoms with Crippen molar-refractivity contribution in [1.82, 2.24) is 10.2 Å². The van der Waals surface area contributed by atoms with E-state index in [2.05, 4.69) is 60.5 Å². The largest absolute Gasteiger partial charge is 0.368 e. The van der Waals surface area contributed by atoms with Crippen LogP contribution in [-0.2, 0) is 6.42 Å². The predicted octanol–water partition coefficient (Wildman–Crippen LogP) is 3.88. The summed E-state index contributed by atoms with van der Waals surface area (Å²) in [6.07, 6.45) is 0.870. The number of carbonyl (C=O) groups excluding carboxylic acids is 1. The topological polar surface area (TPSA) is 35.6 Å². The Hall–Kier alpha value is -2.49. The number of amides is 2. The Morgan fingerprint density at radius 3 is 2.23 bits per heavy atom. The Bertz CT molecular complexity index is 689. The van der Waals surface area contributed by atoms with Crippen LogP contribution in [-0.4, -0.2) is 43.7 Å². The molecule has 1 aliphatic heterocycles. The van der Waals surface area contributed by atoms with E-state index in [0.717, 1.165) is 32.6 Å².